The molecular formula is C12H15FN2. The van der Waals surface area contributed by atoms with E-state index in [0.717, 1.165) is 6.42 Å². The van der Waals surface area contributed by atoms with Crippen molar-refractivity contribution in [2.24, 2.45) is 0 Å². The summed E-state index contributed by atoms with van der Waals surface area (Å²) in [5.74, 6) is -0.454. The van der Waals surface area contributed by atoms with E-state index in [4.69, 9.17) is 5.26 Å². The lowest BCUT2D eigenvalue weighted by atomic mass is 10.1. The largest absolute Gasteiger partial charge is 0.371 e. The highest BCUT2D eigenvalue weighted by Crippen LogP contribution is 2.23. The summed E-state index contributed by atoms with van der Waals surface area (Å²) in [5.41, 5.74) is 0.784. The number of nitriles is 1. The van der Waals surface area contributed by atoms with Gasteiger partial charge >= 0.3 is 0 Å². The molecule has 15 heavy (non-hydrogen) atoms. The molecule has 0 N–H and O–H groups in total. The zero-order chi connectivity index (χ0) is 11.4. The van der Waals surface area contributed by atoms with Gasteiger partial charge in [-0.3, -0.25) is 0 Å². The summed E-state index contributed by atoms with van der Waals surface area (Å²) in [6, 6.07) is 6.91. The summed E-state index contributed by atoms with van der Waals surface area (Å²) in [7, 11) is 1.88. The molecule has 1 atom stereocenters. The first-order valence-corrected chi connectivity index (χ1v) is 5.03. The van der Waals surface area contributed by atoms with Crippen molar-refractivity contribution >= 4 is 5.69 Å². The molecule has 0 radical (unpaired) electrons. The van der Waals surface area contributed by atoms with E-state index >= 15 is 0 Å². The number of nitrogens with zero attached hydrogens (tertiary/aromatic N) is 2. The first-order chi connectivity index (χ1) is 7.11. The molecular weight excluding hydrogens is 191 g/mol. The highest BCUT2D eigenvalue weighted by atomic mass is 19.1. The minimum Gasteiger partial charge on any atom is -0.371 e. The molecule has 0 heterocycles. The van der Waals surface area contributed by atoms with Gasteiger partial charge in [-0.05, 0) is 25.5 Å². The lowest BCUT2D eigenvalue weighted by Crippen LogP contribution is -2.28. The zero-order valence-electron chi connectivity index (χ0n) is 9.29. The maximum absolute atomic E-state index is 13.3. The van der Waals surface area contributed by atoms with Crippen molar-refractivity contribution in [1.82, 2.24) is 0 Å². The van der Waals surface area contributed by atoms with E-state index in [1.165, 1.54) is 6.07 Å². The molecule has 0 aromatic heterocycles. The number of hydrogen-bond donors (Lipinski definition) is 0. The van der Waals surface area contributed by atoms with E-state index in [1.807, 2.05) is 24.9 Å². The van der Waals surface area contributed by atoms with Crippen molar-refractivity contribution in [2.45, 2.75) is 26.3 Å². The van der Waals surface area contributed by atoms with Gasteiger partial charge in [0.15, 0.2) is 0 Å². The topological polar surface area (TPSA) is 27.0 Å². The Morgan fingerprint density at radius 1 is 1.53 bits per heavy atom. The van der Waals surface area contributed by atoms with Gasteiger partial charge < -0.3 is 4.90 Å². The highest BCUT2D eigenvalue weighted by molar-refractivity contribution is 5.59. The fraction of sp³-hybridized carbons (Fsp3) is 0.417. The van der Waals surface area contributed by atoms with Crippen LogP contribution < -0.4 is 4.90 Å². The number of anilines is 1. The average molecular weight is 206 g/mol. The van der Waals surface area contributed by atoms with Crippen molar-refractivity contribution in [1.29, 1.82) is 5.26 Å². The van der Waals surface area contributed by atoms with Crippen molar-refractivity contribution in [3.63, 3.8) is 0 Å². The van der Waals surface area contributed by atoms with Gasteiger partial charge in [0.25, 0.3) is 0 Å². The van der Waals surface area contributed by atoms with E-state index < -0.39 is 5.82 Å². The summed E-state index contributed by atoms with van der Waals surface area (Å²) >= 11 is 0. The number of rotatable bonds is 3. The first kappa shape index (κ1) is 11.5. The quantitative estimate of drug-likeness (QED) is 0.760. The van der Waals surface area contributed by atoms with E-state index in [1.54, 1.807) is 12.1 Å². The van der Waals surface area contributed by atoms with Crippen LogP contribution in [0.15, 0.2) is 18.2 Å². The van der Waals surface area contributed by atoms with Gasteiger partial charge in [-0.15, -0.1) is 0 Å². The van der Waals surface area contributed by atoms with Crippen LogP contribution in [-0.2, 0) is 0 Å². The standard InChI is InChI=1S/C12H15FN2/c1-4-9(2)15(3)12-7-5-6-11(13)10(12)8-14/h5-7,9H,4H2,1-3H3. The van der Waals surface area contributed by atoms with E-state index in [-0.39, 0.29) is 5.56 Å². The molecule has 80 valence electrons. The van der Waals surface area contributed by atoms with Crippen LogP contribution in [0.25, 0.3) is 0 Å². The van der Waals surface area contributed by atoms with Gasteiger partial charge in [0.1, 0.15) is 17.4 Å². The Morgan fingerprint density at radius 2 is 2.20 bits per heavy atom. The maximum atomic E-state index is 13.3. The van der Waals surface area contributed by atoms with Crippen molar-refractivity contribution in [3.8, 4) is 6.07 Å². The molecule has 0 bridgehead atoms. The molecule has 3 heteroatoms. The number of halogens is 1. The third-order valence-corrected chi connectivity index (χ3v) is 2.74. The molecule has 1 aromatic rings. The molecule has 1 rings (SSSR count). The second kappa shape index (κ2) is 4.79. The SMILES string of the molecule is CCC(C)N(C)c1cccc(F)c1C#N. The monoisotopic (exact) mass is 206 g/mol. The van der Waals surface area contributed by atoms with Crippen LogP contribution in [0.3, 0.4) is 0 Å². The maximum Gasteiger partial charge on any atom is 0.143 e. The van der Waals surface area contributed by atoms with Crippen LogP contribution in [0, 0.1) is 17.1 Å². The summed E-state index contributed by atoms with van der Waals surface area (Å²) in [6.45, 7) is 4.11. The van der Waals surface area contributed by atoms with Crippen LogP contribution in [0.1, 0.15) is 25.8 Å². The van der Waals surface area contributed by atoms with Crippen LogP contribution >= 0.6 is 0 Å². The Labute approximate surface area is 89.9 Å². The Morgan fingerprint density at radius 3 is 2.73 bits per heavy atom. The summed E-state index contributed by atoms with van der Waals surface area (Å²) < 4.78 is 13.3. The predicted octanol–water partition coefficient (Wildman–Crippen LogP) is 2.93. The van der Waals surface area contributed by atoms with Gasteiger partial charge in [-0.25, -0.2) is 4.39 Å². The summed E-state index contributed by atoms with van der Waals surface area (Å²) in [5, 5.41) is 8.89. The molecule has 1 aromatic carbocycles. The van der Waals surface area contributed by atoms with Crippen LogP contribution in [0.5, 0.6) is 0 Å². The van der Waals surface area contributed by atoms with Crippen LogP contribution in [0.2, 0.25) is 0 Å². The number of hydrogen-bond acceptors (Lipinski definition) is 2. The first-order valence-electron chi connectivity index (χ1n) is 5.03. The smallest absolute Gasteiger partial charge is 0.143 e. The fourth-order valence-electron chi connectivity index (χ4n) is 1.43. The number of benzene rings is 1. The summed E-state index contributed by atoms with van der Waals surface area (Å²) in [4.78, 5) is 1.93. The highest BCUT2D eigenvalue weighted by Gasteiger charge is 2.14. The van der Waals surface area contributed by atoms with E-state index in [0.29, 0.717) is 11.7 Å². The normalized spacial score (nSPS) is 11.9. The van der Waals surface area contributed by atoms with Crippen LogP contribution in [-0.4, -0.2) is 13.1 Å². The lowest BCUT2D eigenvalue weighted by molar-refractivity contribution is 0.617. The zero-order valence-corrected chi connectivity index (χ0v) is 9.29. The van der Waals surface area contributed by atoms with E-state index in [9.17, 15) is 4.39 Å². The molecule has 0 amide bonds. The molecule has 0 aliphatic heterocycles. The van der Waals surface area contributed by atoms with Crippen molar-refractivity contribution in [3.05, 3.63) is 29.6 Å². The summed E-state index contributed by atoms with van der Waals surface area (Å²) in [6.07, 6.45) is 0.956. The molecule has 0 fully saturated rings. The Balaban J connectivity index is 3.15. The second-order valence-electron chi connectivity index (χ2n) is 3.61. The fourth-order valence-corrected chi connectivity index (χ4v) is 1.43. The van der Waals surface area contributed by atoms with Gasteiger partial charge in [-0.2, -0.15) is 5.26 Å². The van der Waals surface area contributed by atoms with Gasteiger partial charge in [0.05, 0.1) is 5.69 Å². The third-order valence-electron chi connectivity index (χ3n) is 2.74. The Bertz CT molecular complexity index is 382. The van der Waals surface area contributed by atoms with Gasteiger partial charge in [0.2, 0.25) is 0 Å². The minimum absolute atomic E-state index is 0.125. The molecule has 2 nitrogen and oxygen atoms in total. The molecule has 0 saturated carbocycles. The molecule has 0 saturated heterocycles. The Kier molecular flexibility index (Phi) is 3.68. The third kappa shape index (κ3) is 2.27. The average Bonchev–Trinajstić information content (AvgIpc) is 2.26. The minimum atomic E-state index is -0.454. The molecule has 0 aliphatic rings. The van der Waals surface area contributed by atoms with Gasteiger partial charge in [0, 0.05) is 13.1 Å². The second-order valence-corrected chi connectivity index (χ2v) is 3.61. The van der Waals surface area contributed by atoms with Crippen LogP contribution in [0.4, 0.5) is 10.1 Å². The van der Waals surface area contributed by atoms with Gasteiger partial charge in [-0.1, -0.05) is 13.0 Å². The molecule has 0 aliphatic carbocycles. The predicted molar refractivity (Wildman–Crippen MR) is 59.3 cm³/mol. The lowest BCUT2D eigenvalue weighted by Gasteiger charge is -2.26. The van der Waals surface area contributed by atoms with Crippen molar-refractivity contribution in [2.75, 3.05) is 11.9 Å². The van der Waals surface area contributed by atoms with E-state index in [2.05, 4.69) is 6.92 Å². The van der Waals surface area contributed by atoms with Crippen molar-refractivity contribution < 1.29 is 4.39 Å². The molecule has 0 spiro atoms. The Hall–Kier alpha value is -1.56. The molecule has 1 unspecified atom stereocenters.